The number of nitrogens with zero attached hydrogens (tertiary/aromatic N) is 3. The summed E-state index contributed by atoms with van der Waals surface area (Å²) in [5.41, 5.74) is 2.86. The van der Waals surface area contributed by atoms with Crippen molar-refractivity contribution in [2.75, 3.05) is 31.8 Å². The molecule has 0 fully saturated rings. The summed E-state index contributed by atoms with van der Waals surface area (Å²) in [5.74, 6) is 1.46. The molecule has 3 aromatic heterocycles. The molecule has 0 bridgehead atoms. The van der Waals surface area contributed by atoms with Gasteiger partial charge in [-0.1, -0.05) is 6.07 Å². The molecule has 0 aliphatic heterocycles. The Morgan fingerprint density at radius 2 is 2.00 bits per heavy atom. The fourth-order valence-electron chi connectivity index (χ4n) is 3.17. The lowest BCUT2D eigenvalue weighted by molar-refractivity contribution is 0.0897. The minimum Gasteiger partial charge on any atom is -0.491 e. The lowest BCUT2D eigenvalue weighted by atomic mass is 10.2. The van der Waals surface area contributed by atoms with Crippen LogP contribution in [0.5, 0.6) is 5.75 Å². The SMILES string of the molecule is Cn1c2ccncc2c2ccc(Nc3cccc(OCCOCC[18F])c3)nc21. The second-order valence-corrected chi connectivity index (χ2v) is 6.32. The number of nitrogens with one attached hydrogen (secondary N) is 1. The lowest BCUT2D eigenvalue weighted by Gasteiger charge is -2.10. The monoisotopic (exact) mass is 379 g/mol. The first-order valence-corrected chi connectivity index (χ1v) is 9.09. The highest BCUT2D eigenvalue weighted by Crippen LogP contribution is 2.28. The van der Waals surface area contributed by atoms with Gasteiger partial charge in [-0.05, 0) is 30.3 Å². The Morgan fingerprint density at radius 1 is 1.07 bits per heavy atom. The van der Waals surface area contributed by atoms with E-state index in [1.165, 1.54) is 0 Å². The van der Waals surface area contributed by atoms with Crippen molar-refractivity contribution in [1.29, 1.82) is 0 Å². The van der Waals surface area contributed by atoms with Gasteiger partial charge in [-0.15, -0.1) is 0 Å². The zero-order chi connectivity index (χ0) is 19.3. The maximum atomic E-state index is 12.0. The van der Waals surface area contributed by atoms with E-state index in [0.29, 0.717) is 19.0 Å². The van der Waals surface area contributed by atoms with Gasteiger partial charge in [0.1, 0.15) is 30.5 Å². The van der Waals surface area contributed by atoms with Gasteiger partial charge in [0.15, 0.2) is 0 Å². The lowest BCUT2D eigenvalue weighted by Crippen LogP contribution is -2.08. The van der Waals surface area contributed by atoms with Crippen LogP contribution in [0.15, 0.2) is 54.9 Å². The second-order valence-electron chi connectivity index (χ2n) is 6.32. The fourth-order valence-corrected chi connectivity index (χ4v) is 3.17. The first-order valence-electron chi connectivity index (χ1n) is 9.09. The van der Waals surface area contributed by atoms with Gasteiger partial charge in [0.05, 0.1) is 18.7 Å². The van der Waals surface area contributed by atoms with Crippen LogP contribution in [0, 0.1) is 0 Å². The fraction of sp³-hybridized carbons (Fsp3) is 0.238. The Labute approximate surface area is 161 Å². The van der Waals surface area contributed by atoms with Crippen molar-refractivity contribution in [3.05, 3.63) is 54.9 Å². The van der Waals surface area contributed by atoms with Crippen LogP contribution in [0.2, 0.25) is 0 Å². The van der Waals surface area contributed by atoms with Crippen molar-refractivity contribution in [2.24, 2.45) is 7.05 Å². The number of aromatic nitrogens is 3. The number of ether oxygens (including phenoxy) is 2. The van der Waals surface area contributed by atoms with Crippen molar-refractivity contribution < 1.29 is 13.9 Å². The standard InChI is InChI=1S/C21H21FN4O2/c1-26-19-7-9-23-14-18(19)17-5-6-20(25-21(17)26)24-15-3-2-4-16(13-15)28-12-11-27-10-8-22/h2-7,9,13-14H,8,10-12H2,1H3,(H,24,25)/i22-1. The van der Waals surface area contributed by atoms with Gasteiger partial charge in [0, 0.05) is 42.0 Å². The number of aryl methyl sites for hydroxylation is 1. The van der Waals surface area contributed by atoms with E-state index < -0.39 is 6.67 Å². The number of hydrogen-bond donors (Lipinski definition) is 1. The zero-order valence-electron chi connectivity index (χ0n) is 15.6. The number of pyridine rings is 2. The van der Waals surface area contributed by atoms with Crippen molar-refractivity contribution in [1.82, 2.24) is 14.5 Å². The van der Waals surface area contributed by atoms with Crippen LogP contribution in [0.1, 0.15) is 0 Å². The normalized spacial score (nSPS) is 11.2. The van der Waals surface area contributed by atoms with Crippen LogP contribution in [-0.4, -0.2) is 41.0 Å². The highest BCUT2D eigenvalue weighted by Gasteiger charge is 2.10. The van der Waals surface area contributed by atoms with Crippen molar-refractivity contribution >= 4 is 33.4 Å². The van der Waals surface area contributed by atoms with Gasteiger partial charge < -0.3 is 19.4 Å². The Hall–Kier alpha value is -3.19. The Kier molecular flexibility index (Phi) is 5.34. The number of benzene rings is 1. The Bertz CT molecular complexity index is 1100. The third-order valence-electron chi connectivity index (χ3n) is 4.47. The van der Waals surface area contributed by atoms with Crippen LogP contribution in [0.3, 0.4) is 0 Å². The van der Waals surface area contributed by atoms with Gasteiger partial charge in [0.25, 0.3) is 0 Å². The molecular weight excluding hydrogens is 358 g/mol. The van der Waals surface area contributed by atoms with Gasteiger partial charge in [0.2, 0.25) is 0 Å². The summed E-state index contributed by atoms with van der Waals surface area (Å²) in [7, 11) is 2.00. The maximum Gasteiger partial charge on any atom is 0.143 e. The summed E-state index contributed by atoms with van der Waals surface area (Å²) in [6.45, 7) is 0.348. The summed E-state index contributed by atoms with van der Waals surface area (Å²) >= 11 is 0. The molecule has 0 saturated carbocycles. The van der Waals surface area contributed by atoms with E-state index >= 15 is 0 Å². The van der Waals surface area contributed by atoms with Crippen molar-refractivity contribution in [3.63, 3.8) is 0 Å². The number of rotatable bonds is 8. The molecule has 0 amide bonds. The van der Waals surface area contributed by atoms with E-state index in [-0.39, 0.29) is 6.61 Å². The van der Waals surface area contributed by atoms with E-state index in [9.17, 15) is 4.39 Å². The van der Waals surface area contributed by atoms with Crippen LogP contribution in [0.25, 0.3) is 21.9 Å². The Balaban J connectivity index is 1.51. The number of fused-ring (bicyclic) bond motifs is 3. The molecule has 7 heteroatoms. The molecule has 1 N–H and O–H groups in total. The van der Waals surface area contributed by atoms with E-state index in [1.807, 2.05) is 49.6 Å². The predicted octanol–water partition coefficient (Wildman–Crippen LogP) is 4.23. The summed E-state index contributed by atoms with van der Waals surface area (Å²) in [4.78, 5) is 8.98. The molecule has 1 aromatic carbocycles. The van der Waals surface area contributed by atoms with Gasteiger partial charge in [-0.25, -0.2) is 9.37 Å². The van der Waals surface area contributed by atoms with Gasteiger partial charge >= 0.3 is 0 Å². The molecule has 0 aliphatic rings. The molecule has 28 heavy (non-hydrogen) atoms. The molecular formula is C21H21FN4O2. The topological polar surface area (TPSA) is 61.2 Å². The zero-order valence-corrected chi connectivity index (χ0v) is 15.6. The second kappa shape index (κ2) is 8.22. The number of hydrogen-bond acceptors (Lipinski definition) is 5. The quantitative estimate of drug-likeness (QED) is 0.464. The van der Waals surface area contributed by atoms with E-state index in [4.69, 9.17) is 14.5 Å². The molecule has 0 aliphatic carbocycles. The van der Waals surface area contributed by atoms with Crippen LogP contribution >= 0.6 is 0 Å². The van der Waals surface area contributed by atoms with Crippen molar-refractivity contribution in [3.8, 4) is 5.75 Å². The van der Waals surface area contributed by atoms with E-state index in [2.05, 4.69) is 20.9 Å². The molecule has 0 unspecified atom stereocenters. The van der Waals surface area contributed by atoms with Crippen molar-refractivity contribution in [2.45, 2.75) is 0 Å². The average Bonchev–Trinajstić information content (AvgIpc) is 3.00. The summed E-state index contributed by atoms with van der Waals surface area (Å²) in [6, 6.07) is 13.6. The van der Waals surface area contributed by atoms with E-state index in [0.717, 1.165) is 33.4 Å². The van der Waals surface area contributed by atoms with Crippen LogP contribution in [-0.2, 0) is 11.8 Å². The molecule has 0 spiro atoms. The summed E-state index contributed by atoms with van der Waals surface area (Å²) < 4.78 is 24.8. The molecule has 6 nitrogen and oxygen atoms in total. The smallest absolute Gasteiger partial charge is 0.143 e. The molecule has 4 aromatic rings. The molecule has 0 radical (unpaired) electrons. The first kappa shape index (κ1) is 18.2. The highest BCUT2D eigenvalue weighted by molar-refractivity contribution is 6.06. The maximum absolute atomic E-state index is 12.0. The molecule has 0 saturated heterocycles. The number of anilines is 2. The molecule has 3 heterocycles. The average molecular weight is 379 g/mol. The molecule has 4 rings (SSSR count). The highest BCUT2D eigenvalue weighted by atomic mass is 18.2. The Morgan fingerprint density at radius 3 is 2.89 bits per heavy atom. The van der Waals surface area contributed by atoms with Crippen LogP contribution in [0.4, 0.5) is 15.9 Å². The third-order valence-corrected chi connectivity index (χ3v) is 4.47. The van der Waals surface area contributed by atoms with Gasteiger partial charge in [-0.2, -0.15) is 0 Å². The molecule has 0 atom stereocenters. The van der Waals surface area contributed by atoms with Crippen LogP contribution < -0.4 is 10.1 Å². The number of halogens is 1. The minimum atomic E-state index is -0.482. The summed E-state index contributed by atoms with van der Waals surface area (Å²) in [5, 5.41) is 5.48. The van der Waals surface area contributed by atoms with Gasteiger partial charge in [-0.3, -0.25) is 4.98 Å². The predicted molar refractivity (Wildman–Crippen MR) is 108 cm³/mol. The first-order chi connectivity index (χ1) is 13.8. The molecule has 144 valence electrons. The third kappa shape index (κ3) is 3.75. The number of alkyl halides is 1. The largest absolute Gasteiger partial charge is 0.491 e. The summed E-state index contributed by atoms with van der Waals surface area (Å²) in [6.07, 6.45) is 3.65. The van der Waals surface area contributed by atoms with E-state index in [1.54, 1.807) is 6.20 Å². The minimum absolute atomic E-state index is 0.101.